The van der Waals surface area contributed by atoms with E-state index in [1.54, 1.807) is 6.92 Å². The first-order valence-electron chi connectivity index (χ1n) is 2.98. The van der Waals surface area contributed by atoms with Crippen LogP contribution in [0.25, 0.3) is 0 Å². The van der Waals surface area contributed by atoms with Gasteiger partial charge in [0, 0.05) is 6.61 Å². The Morgan fingerprint density at radius 2 is 1.58 bits per heavy atom. The van der Waals surface area contributed by atoms with Gasteiger partial charge in [-0.25, -0.2) is 9.78 Å². The molecule has 0 heterocycles. The average molecular weight is 218 g/mol. The third-order valence-electron chi connectivity index (χ3n) is 0.704. The molecule has 0 saturated heterocycles. The Morgan fingerprint density at radius 1 is 1.17 bits per heavy atom. The van der Waals surface area contributed by atoms with Gasteiger partial charge in [0.15, 0.2) is 0 Å². The van der Waals surface area contributed by atoms with Crippen LogP contribution < -0.4 is 0 Å². The smallest absolute Gasteiger partial charge is 0.365 e. The lowest BCUT2D eigenvalue weighted by Gasteiger charge is -2.17. The summed E-state index contributed by atoms with van der Waals surface area (Å²) >= 11 is 0. The van der Waals surface area contributed by atoms with E-state index in [-0.39, 0.29) is 16.5 Å². The molecule has 8 heteroatoms. The zero-order valence-electron chi connectivity index (χ0n) is 7.40. The molecular formula is C4H15O6PSi. The molecule has 0 aromatic rings. The van der Waals surface area contributed by atoms with Crippen LogP contribution in [-0.4, -0.2) is 34.7 Å². The Labute approximate surface area is 75.7 Å². The van der Waals surface area contributed by atoms with Crippen LogP contribution in [0.1, 0.15) is 6.92 Å². The van der Waals surface area contributed by atoms with Crippen molar-refractivity contribution in [3.63, 3.8) is 0 Å². The van der Waals surface area contributed by atoms with Gasteiger partial charge in [0.25, 0.3) is 0 Å². The molecule has 1 atom stereocenters. The Bertz CT molecular complexity index is 86.5. The summed E-state index contributed by atoms with van der Waals surface area (Å²) in [6.45, 7) is 1.92. The van der Waals surface area contributed by atoms with E-state index >= 15 is 0 Å². The quantitative estimate of drug-likeness (QED) is 0.285. The minimum Gasteiger partial charge on any atom is -0.365 e. The van der Waals surface area contributed by atoms with Crippen LogP contribution in [0.5, 0.6) is 0 Å². The van der Waals surface area contributed by atoms with Gasteiger partial charge in [-0.15, -0.1) is 0 Å². The normalized spacial score (nSPS) is 11.0. The molecule has 1 N–H and O–H groups in total. The summed E-state index contributed by atoms with van der Waals surface area (Å²) < 4.78 is 13.4. The van der Waals surface area contributed by atoms with Crippen LogP contribution in [0.3, 0.4) is 0 Å². The van der Waals surface area contributed by atoms with Crippen molar-refractivity contribution in [2.45, 2.75) is 6.92 Å². The van der Waals surface area contributed by atoms with Crippen molar-refractivity contribution in [3.8, 4) is 0 Å². The second-order valence-corrected chi connectivity index (χ2v) is 3.13. The molecule has 0 radical (unpaired) electrons. The molecule has 0 aromatic heterocycles. The van der Waals surface area contributed by atoms with E-state index in [0.717, 1.165) is 0 Å². The van der Waals surface area contributed by atoms with Crippen LogP contribution in [0.15, 0.2) is 0 Å². The van der Waals surface area contributed by atoms with Gasteiger partial charge in [-0.3, -0.25) is 0 Å². The molecule has 0 fully saturated rings. The largest absolute Gasteiger partial charge is 0.733 e. The molecule has 0 amide bonds. The third-order valence-corrected chi connectivity index (χ3v) is 2.11. The highest BCUT2D eigenvalue weighted by atomic mass is 31.0. The van der Waals surface area contributed by atoms with Crippen LogP contribution in [0.2, 0.25) is 0 Å². The van der Waals surface area contributed by atoms with Gasteiger partial charge in [-0.05, 0) is 6.92 Å². The molecule has 0 bridgehead atoms. The van der Waals surface area contributed by atoms with Gasteiger partial charge in [0.05, 0.1) is 14.2 Å². The van der Waals surface area contributed by atoms with Crippen LogP contribution in [0.4, 0.5) is 0 Å². The fraction of sp³-hybridized carbons (Fsp3) is 1.00. The fourth-order valence-electron chi connectivity index (χ4n) is 0.455. The van der Waals surface area contributed by atoms with E-state index in [4.69, 9.17) is 4.43 Å². The topological polar surface area (TPSA) is 66.4 Å². The van der Waals surface area contributed by atoms with Gasteiger partial charge >= 0.3 is 9.05 Å². The zero-order valence-corrected chi connectivity index (χ0v) is 9.82. The third kappa shape index (κ3) is 5.98. The van der Waals surface area contributed by atoms with E-state index in [1.165, 1.54) is 14.2 Å². The molecule has 0 aromatic carbocycles. The molecule has 0 spiro atoms. The Kier molecular flexibility index (Phi) is 9.97. The average Bonchev–Trinajstić information content (AvgIpc) is 1.88. The number of rotatable bonds is 6. The first-order chi connectivity index (χ1) is 5.18. The minimum absolute atomic E-state index is 0. The standard InChI is InChI=1S/C4H12O6Si.H3P/c1-4-8-11(5,9-6-2)10-7-3;/h5H,4H2,1-3H3;1H3. The summed E-state index contributed by atoms with van der Waals surface area (Å²) in [7, 11) is -1.23. The van der Waals surface area contributed by atoms with Crippen LogP contribution >= 0.6 is 9.90 Å². The van der Waals surface area contributed by atoms with Crippen molar-refractivity contribution in [1.29, 1.82) is 0 Å². The number of hydrogen-bond donors (Lipinski definition) is 1. The molecule has 6 nitrogen and oxygen atoms in total. The van der Waals surface area contributed by atoms with E-state index < -0.39 is 9.05 Å². The lowest BCUT2D eigenvalue weighted by atomic mass is 10.9. The fourth-order valence-corrected chi connectivity index (χ4v) is 1.37. The first-order valence-corrected chi connectivity index (χ1v) is 4.65. The lowest BCUT2D eigenvalue weighted by molar-refractivity contribution is -0.316. The van der Waals surface area contributed by atoms with Crippen molar-refractivity contribution in [2.75, 3.05) is 20.8 Å². The summed E-state index contributed by atoms with van der Waals surface area (Å²) in [6, 6.07) is 0. The second-order valence-electron chi connectivity index (χ2n) is 1.46. The van der Waals surface area contributed by atoms with Gasteiger partial charge in [-0.2, -0.15) is 19.1 Å². The molecule has 0 aliphatic rings. The predicted octanol–water partition coefficient (Wildman–Crippen LogP) is -0.335. The SMILES string of the molecule is CCO[Si](O)(OOC)OOC.P. The van der Waals surface area contributed by atoms with E-state index in [9.17, 15) is 4.80 Å². The molecule has 0 rings (SSSR count). The Balaban J connectivity index is 0. The van der Waals surface area contributed by atoms with Crippen molar-refractivity contribution >= 4 is 18.9 Å². The van der Waals surface area contributed by atoms with Gasteiger partial charge < -0.3 is 9.22 Å². The highest BCUT2D eigenvalue weighted by Gasteiger charge is 2.44. The molecular weight excluding hydrogens is 203 g/mol. The van der Waals surface area contributed by atoms with E-state index in [1.807, 2.05) is 0 Å². The molecule has 1 unspecified atom stereocenters. The second kappa shape index (κ2) is 8.03. The van der Waals surface area contributed by atoms with Gasteiger partial charge in [-0.1, -0.05) is 0 Å². The maximum absolute atomic E-state index is 9.23. The van der Waals surface area contributed by atoms with Crippen LogP contribution in [0, 0.1) is 0 Å². The summed E-state index contributed by atoms with van der Waals surface area (Å²) in [6.07, 6.45) is 0. The van der Waals surface area contributed by atoms with E-state index in [2.05, 4.69) is 18.9 Å². The van der Waals surface area contributed by atoms with Gasteiger partial charge in [0.1, 0.15) is 0 Å². The Morgan fingerprint density at radius 3 is 1.83 bits per heavy atom. The summed E-state index contributed by atoms with van der Waals surface area (Å²) in [5, 5.41) is 0. The summed E-state index contributed by atoms with van der Waals surface area (Å²) in [5.41, 5.74) is 0. The number of hydrogen-bond acceptors (Lipinski definition) is 6. The van der Waals surface area contributed by atoms with Crippen molar-refractivity contribution in [1.82, 2.24) is 0 Å². The monoisotopic (exact) mass is 218 g/mol. The summed E-state index contributed by atoms with van der Waals surface area (Å²) in [5.74, 6) is 0. The zero-order chi connectivity index (χ0) is 8.74. The highest BCUT2D eigenvalue weighted by Crippen LogP contribution is 2.04. The molecule has 0 saturated carbocycles. The molecule has 76 valence electrons. The predicted molar refractivity (Wildman–Crippen MR) is 46.9 cm³/mol. The Hall–Kier alpha value is 0.407. The van der Waals surface area contributed by atoms with Crippen molar-refractivity contribution < 1.29 is 28.2 Å². The molecule has 0 aliphatic carbocycles. The first kappa shape index (κ1) is 14.9. The lowest BCUT2D eigenvalue weighted by Crippen LogP contribution is -2.45. The molecule has 0 aliphatic heterocycles. The molecule has 12 heavy (non-hydrogen) atoms. The van der Waals surface area contributed by atoms with Crippen molar-refractivity contribution in [3.05, 3.63) is 0 Å². The highest BCUT2D eigenvalue weighted by molar-refractivity contribution is 6.92. The van der Waals surface area contributed by atoms with Gasteiger partial charge in [0.2, 0.25) is 0 Å². The van der Waals surface area contributed by atoms with Crippen molar-refractivity contribution in [2.24, 2.45) is 0 Å². The maximum Gasteiger partial charge on any atom is 0.733 e. The summed E-state index contributed by atoms with van der Waals surface area (Å²) in [4.78, 5) is 17.6. The minimum atomic E-state index is -3.69. The van der Waals surface area contributed by atoms with Crippen LogP contribution in [-0.2, 0) is 23.4 Å². The van der Waals surface area contributed by atoms with E-state index in [0.29, 0.717) is 0 Å². The maximum atomic E-state index is 9.23.